The lowest BCUT2D eigenvalue weighted by Gasteiger charge is -2.39. The van der Waals surface area contributed by atoms with Gasteiger partial charge in [0.05, 0.1) is 35.6 Å². The van der Waals surface area contributed by atoms with Gasteiger partial charge in [0, 0.05) is 51.2 Å². The summed E-state index contributed by atoms with van der Waals surface area (Å²) < 4.78 is 8.84. The third-order valence-electron chi connectivity index (χ3n) is 8.40. The van der Waals surface area contributed by atoms with Crippen LogP contribution in [0.15, 0.2) is 47.7 Å². The molecule has 0 spiro atoms. The van der Waals surface area contributed by atoms with E-state index in [1.807, 2.05) is 19.2 Å². The molecular weight excluding hydrogens is 534 g/mol. The van der Waals surface area contributed by atoms with Gasteiger partial charge >= 0.3 is 0 Å². The molecule has 0 unspecified atom stereocenters. The number of carbonyl (C=O) groups is 1. The quantitative estimate of drug-likeness (QED) is 0.326. The Morgan fingerprint density at radius 3 is 2.60 bits per heavy atom. The van der Waals surface area contributed by atoms with E-state index in [2.05, 4.69) is 25.2 Å². The molecule has 1 saturated carbocycles. The number of rotatable bonds is 8. The van der Waals surface area contributed by atoms with E-state index in [0.29, 0.717) is 40.9 Å². The predicted octanol–water partition coefficient (Wildman–Crippen LogP) is 3.27. The van der Waals surface area contributed by atoms with Crippen LogP contribution in [0.5, 0.6) is 0 Å². The van der Waals surface area contributed by atoms with Crippen LogP contribution in [-0.2, 0) is 18.3 Å². The predicted molar refractivity (Wildman–Crippen MR) is 160 cm³/mol. The molecule has 12 heteroatoms. The highest BCUT2D eigenvalue weighted by atomic mass is 16.5. The van der Waals surface area contributed by atoms with Crippen molar-refractivity contribution in [1.82, 2.24) is 29.3 Å². The van der Waals surface area contributed by atoms with Gasteiger partial charge in [-0.2, -0.15) is 0 Å². The van der Waals surface area contributed by atoms with E-state index in [0.717, 1.165) is 37.3 Å². The normalized spacial score (nSPS) is 15.6. The second-order valence-electron chi connectivity index (χ2n) is 11.1. The monoisotopic (exact) mass is 569 g/mol. The Morgan fingerprint density at radius 1 is 1.10 bits per heavy atom. The fourth-order valence-electron chi connectivity index (χ4n) is 5.72. The third kappa shape index (κ3) is 5.25. The summed E-state index contributed by atoms with van der Waals surface area (Å²) in [5, 5.41) is 2.82. The number of nitrogen functional groups attached to an aromatic ring is 1. The van der Waals surface area contributed by atoms with Crippen LogP contribution in [0.25, 0.3) is 22.6 Å². The number of carbonyl (C=O) groups excluding carboxylic acids is 1. The minimum atomic E-state index is -0.457. The van der Waals surface area contributed by atoms with Crippen molar-refractivity contribution in [3.05, 3.63) is 64.5 Å². The van der Waals surface area contributed by atoms with Gasteiger partial charge in [0.2, 0.25) is 0 Å². The lowest BCUT2D eigenvalue weighted by Crippen LogP contribution is -2.52. The van der Waals surface area contributed by atoms with E-state index in [9.17, 15) is 9.59 Å². The van der Waals surface area contributed by atoms with E-state index >= 15 is 0 Å². The largest absolute Gasteiger partial charge is 0.382 e. The molecule has 1 amide bonds. The SMILES string of the molecule is COC1CN(c2cc(-c3cnc(N)c(-c4ccc(NC(=O)c5c(C)n(C)n(CC6CCCC6)c5=O)cn4)n3)ccn2)C1. The van der Waals surface area contributed by atoms with E-state index in [1.165, 1.54) is 19.0 Å². The van der Waals surface area contributed by atoms with Gasteiger partial charge in [0.15, 0.2) is 5.82 Å². The number of hydrogen-bond acceptors (Lipinski definition) is 9. The van der Waals surface area contributed by atoms with Crippen molar-refractivity contribution in [3.63, 3.8) is 0 Å². The Balaban J connectivity index is 1.19. The van der Waals surface area contributed by atoms with Gasteiger partial charge in [-0.15, -0.1) is 0 Å². The van der Waals surface area contributed by atoms with Crippen LogP contribution < -0.4 is 21.5 Å². The average molecular weight is 570 g/mol. The van der Waals surface area contributed by atoms with Crippen molar-refractivity contribution < 1.29 is 9.53 Å². The number of hydrogen-bond donors (Lipinski definition) is 2. The number of nitrogens with one attached hydrogen (secondary N) is 1. The summed E-state index contributed by atoms with van der Waals surface area (Å²) in [7, 11) is 3.54. The first-order valence-corrected chi connectivity index (χ1v) is 14.2. The van der Waals surface area contributed by atoms with Gasteiger partial charge < -0.3 is 20.7 Å². The number of nitrogens with zero attached hydrogens (tertiary/aromatic N) is 7. The van der Waals surface area contributed by atoms with Crippen molar-refractivity contribution in [2.45, 2.75) is 45.3 Å². The highest BCUT2D eigenvalue weighted by Crippen LogP contribution is 2.29. The molecule has 0 aromatic carbocycles. The van der Waals surface area contributed by atoms with Crippen LogP contribution >= 0.6 is 0 Å². The summed E-state index contributed by atoms with van der Waals surface area (Å²) in [5.74, 6) is 1.10. The first kappa shape index (κ1) is 27.6. The van der Waals surface area contributed by atoms with Crippen LogP contribution in [0, 0.1) is 12.8 Å². The molecule has 1 saturated heterocycles. The molecule has 2 fully saturated rings. The van der Waals surface area contributed by atoms with Crippen molar-refractivity contribution in [1.29, 1.82) is 0 Å². The first-order chi connectivity index (χ1) is 20.3. The van der Waals surface area contributed by atoms with E-state index in [1.54, 1.807) is 47.9 Å². The Hall–Kier alpha value is -4.58. The van der Waals surface area contributed by atoms with Gasteiger partial charge in [-0.1, -0.05) is 12.8 Å². The van der Waals surface area contributed by atoms with Gasteiger partial charge in [-0.3, -0.25) is 19.3 Å². The van der Waals surface area contributed by atoms with E-state index < -0.39 is 5.91 Å². The van der Waals surface area contributed by atoms with Gasteiger partial charge in [-0.25, -0.2) is 19.6 Å². The molecule has 3 N–H and O–H groups in total. The maximum Gasteiger partial charge on any atom is 0.279 e. The molecule has 218 valence electrons. The maximum atomic E-state index is 13.2. The number of pyridine rings is 2. The van der Waals surface area contributed by atoms with Crippen molar-refractivity contribution >= 4 is 23.2 Å². The lowest BCUT2D eigenvalue weighted by atomic mass is 10.1. The van der Waals surface area contributed by atoms with Crippen LogP contribution in [0.3, 0.4) is 0 Å². The average Bonchev–Trinajstić information content (AvgIpc) is 3.56. The number of anilines is 3. The summed E-state index contributed by atoms with van der Waals surface area (Å²) in [6.45, 7) is 4.01. The number of methoxy groups -OCH3 is 1. The summed E-state index contributed by atoms with van der Waals surface area (Å²) in [6.07, 6.45) is 9.74. The zero-order valence-electron chi connectivity index (χ0n) is 24.1. The summed E-state index contributed by atoms with van der Waals surface area (Å²) in [6, 6.07) is 7.28. The van der Waals surface area contributed by atoms with Crippen molar-refractivity contribution in [2.24, 2.45) is 13.0 Å². The second kappa shape index (κ2) is 11.4. The summed E-state index contributed by atoms with van der Waals surface area (Å²) in [5.41, 5.74) is 9.59. The molecule has 0 atom stereocenters. The Morgan fingerprint density at radius 2 is 1.88 bits per heavy atom. The molecule has 4 aromatic rings. The van der Waals surface area contributed by atoms with E-state index in [4.69, 9.17) is 15.5 Å². The Labute approximate surface area is 243 Å². The molecule has 4 aromatic heterocycles. The molecule has 0 bridgehead atoms. The summed E-state index contributed by atoms with van der Waals surface area (Å²) in [4.78, 5) is 46.6. The van der Waals surface area contributed by atoms with Crippen LogP contribution in [0.4, 0.5) is 17.3 Å². The molecule has 5 heterocycles. The van der Waals surface area contributed by atoms with Crippen molar-refractivity contribution in [3.8, 4) is 22.6 Å². The molecule has 1 aliphatic carbocycles. The zero-order chi connectivity index (χ0) is 29.4. The fraction of sp³-hybridized carbons (Fsp3) is 0.400. The number of ether oxygens (including phenoxy) is 1. The number of aromatic nitrogens is 6. The minimum absolute atomic E-state index is 0.148. The molecule has 2 aliphatic rings. The molecule has 42 heavy (non-hydrogen) atoms. The molecule has 0 radical (unpaired) electrons. The minimum Gasteiger partial charge on any atom is -0.382 e. The van der Waals surface area contributed by atoms with Crippen molar-refractivity contribution in [2.75, 3.05) is 36.1 Å². The Kier molecular flexibility index (Phi) is 7.46. The Bertz CT molecular complexity index is 1670. The molecular formula is C30H35N9O3. The summed E-state index contributed by atoms with van der Waals surface area (Å²) >= 11 is 0. The highest BCUT2D eigenvalue weighted by Gasteiger charge is 2.28. The fourth-order valence-corrected chi connectivity index (χ4v) is 5.72. The lowest BCUT2D eigenvalue weighted by molar-refractivity contribution is 0.0783. The first-order valence-electron chi connectivity index (χ1n) is 14.2. The van der Waals surface area contributed by atoms with Gasteiger partial charge in [0.25, 0.3) is 11.5 Å². The number of nitrogens with two attached hydrogens (primary N) is 1. The van der Waals surface area contributed by atoms with Gasteiger partial charge in [0.1, 0.15) is 17.1 Å². The highest BCUT2D eigenvalue weighted by molar-refractivity contribution is 6.04. The zero-order valence-corrected chi connectivity index (χ0v) is 24.1. The van der Waals surface area contributed by atoms with Gasteiger partial charge in [-0.05, 0) is 49.9 Å². The van der Waals surface area contributed by atoms with E-state index in [-0.39, 0.29) is 23.0 Å². The smallest absolute Gasteiger partial charge is 0.279 e. The maximum absolute atomic E-state index is 13.2. The molecule has 12 nitrogen and oxygen atoms in total. The van der Waals surface area contributed by atoms with Crippen LogP contribution in [0.2, 0.25) is 0 Å². The molecule has 1 aliphatic heterocycles. The number of amides is 1. The van der Waals surface area contributed by atoms with Crippen LogP contribution in [0.1, 0.15) is 41.7 Å². The molecule has 6 rings (SSSR count). The second-order valence-corrected chi connectivity index (χ2v) is 11.1. The standard InChI is InChI=1S/C30H35N9O3/c1-18-26(30(41)39(37(18)2)15-19-6-4-5-7-19)29(40)35-21-8-9-23(33-13-21)27-28(31)34-14-24(36-27)20-10-11-32-25(12-20)38-16-22(17-38)42-3/h8-14,19,22H,4-7,15-17H2,1-3H3,(H2,31,34)(H,35,40). The third-order valence-corrected chi connectivity index (χ3v) is 8.40. The topological polar surface area (TPSA) is 146 Å². The van der Waals surface area contributed by atoms with Crippen LogP contribution in [-0.4, -0.2) is 61.5 Å².